The highest BCUT2D eigenvalue weighted by Crippen LogP contribution is 2.33. The normalized spacial score (nSPS) is 24.0. The first kappa shape index (κ1) is 17.9. The Morgan fingerprint density at radius 3 is 2.60 bits per heavy atom. The summed E-state index contributed by atoms with van der Waals surface area (Å²) in [6.45, 7) is 6.70. The zero-order chi connectivity index (χ0) is 18.1. The van der Waals surface area contributed by atoms with E-state index in [0.717, 1.165) is 30.8 Å². The molecule has 1 aromatic heterocycles. The maximum atomic E-state index is 12.5. The van der Waals surface area contributed by atoms with Crippen molar-refractivity contribution in [3.8, 4) is 0 Å². The molecule has 138 valence electrons. The Morgan fingerprint density at radius 2 is 2.08 bits per heavy atom. The van der Waals surface area contributed by atoms with Crippen LogP contribution in [-0.4, -0.2) is 56.8 Å². The minimum absolute atomic E-state index is 0.0263. The largest absolute Gasteiger partial charge is 0.480 e. The standard InChI is InChI=1S/C18H28N4O3/c1-11-6-12(2)22(20-11)13(3)18(25)19-15-7-16(8-15)21(10-17(23)24)9-14-4-5-14/h6,13-16H,4-5,7-10H2,1-3H3,(H,19,25)(H,23,24)/t13-,15?,16?/m1/s1. The lowest BCUT2D eigenvalue weighted by atomic mass is 9.85. The Labute approximate surface area is 148 Å². The highest BCUT2D eigenvalue weighted by Gasteiger charge is 2.38. The molecule has 3 rings (SSSR count). The van der Waals surface area contributed by atoms with E-state index in [9.17, 15) is 9.59 Å². The van der Waals surface area contributed by atoms with Crippen LogP contribution < -0.4 is 5.32 Å². The van der Waals surface area contributed by atoms with E-state index in [1.165, 1.54) is 12.8 Å². The summed E-state index contributed by atoms with van der Waals surface area (Å²) >= 11 is 0. The van der Waals surface area contributed by atoms with Gasteiger partial charge in [0.05, 0.1) is 12.2 Å². The van der Waals surface area contributed by atoms with Crippen molar-refractivity contribution in [1.29, 1.82) is 0 Å². The topological polar surface area (TPSA) is 87.5 Å². The summed E-state index contributed by atoms with van der Waals surface area (Å²) < 4.78 is 1.75. The number of hydrogen-bond acceptors (Lipinski definition) is 4. The van der Waals surface area contributed by atoms with Crippen molar-refractivity contribution in [1.82, 2.24) is 20.0 Å². The number of rotatable bonds is 8. The third kappa shape index (κ3) is 4.39. The van der Waals surface area contributed by atoms with Crippen LogP contribution in [0, 0.1) is 19.8 Å². The van der Waals surface area contributed by atoms with Gasteiger partial charge in [-0.3, -0.25) is 19.2 Å². The first-order chi connectivity index (χ1) is 11.8. The Kier molecular flexibility index (Phi) is 5.13. The van der Waals surface area contributed by atoms with Crippen molar-refractivity contribution in [3.05, 3.63) is 17.5 Å². The van der Waals surface area contributed by atoms with Crippen molar-refractivity contribution >= 4 is 11.9 Å². The van der Waals surface area contributed by atoms with E-state index in [-0.39, 0.29) is 30.6 Å². The van der Waals surface area contributed by atoms with Gasteiger partial charge >= 0.3 is 5.97 Å². The summed E-state index contributed by atoms with van der Waals surface area (Å²) in [7, 11) is 0. The van der Waals surface area contributed by atoms with Crippen molar-refractivity contribution in [2.45, 2.75) is 64.6 Å². The van der Waals surface area contributed by atoms with Gasteiger partial charge in [-0.15, -0.1) is 0 Å². The number of nitrogens with zero attached hydrogens (tertiary/aromatic N) is 3. The zero-order valence-electron chi connectivity index (χ0n) is 15.2. The predicted molar refractivity (Wildman–Crippen MR) is 93.3 cm³/mol. The summed E-state index contributed by atoms with van der Waals surface area (Å²) in [6.07, 6.45) is 4.08. The molecule has 7 heteroatoms. The fourth-order valence-electron chi connectivity index (χ4n) is 3.62. The molecule has 7 nitrogen and oxygen atoms in total. The molecule has 25 heavy (non-hydrogen) atoms. The van der Waals surface area contributed by atoms with E-state index in [1.54, 1.807) is 4.68 Å². The number of amides is 1. The molecule has 1 aromatic rings. The van der Waals surface area contributed by atoms with Gasteiger partial charge in [0, 0.05) is 24.3 Å². The Hall–Kier alpha value is -1.89. The van der Waals surface area contributed by atoms with Gasteiger partial charge in [0.2, 0.25) is 5.91 Å². The van der Waals surface area contributed by atoms with Gasteiger partial charge in [-0.2, -0.15) is 5.10 Å². The van der Waals surface area contributed by atoms with Crippen molar-refractivity contribution in [3.63, 3.8) is 0 Å². The maximum absolute atomic E-state index is 12.5. The summed E-state index contributed by atoms with van der Waals surface area (Å²) in [5, 5.41) is 16.6. The summed E-state index contributed by atoms with van der Waals surface area (Å²) in [4.78, 5) is 25.6. The fraction of sp³-hybridized carbons (Fsp3) is 0.722. The Bertz CT molecular complexity index is 647. The molecule has 1 atom stereocenters. The molecule has 0 aliphatic heterocycles. The third-order valence-corrected chi connectivity index (χ3v) is 5.29. The number of carboxylic acids is 1. The van der Waals surface area contributed by atoms with E-state index in [1.807, 2.05) is 26.8 Å². The van der Waals surface area contributed by atoms with Gasteiger partial charge in [0.15, 0.2) is 0 Å². The highest BCUT2D eigenvalue weighted by molar-refractivity contribution is 5.80. The van der Waals surface area contributed by atoms with E-state index < -0.39 is 5.97 Å². The second-order valence-electron chi connectivity index (χ2n) is 7.64. The number of aryl methyl sites for hydroxylation is 2. The quantitative estimate of drug-likeness (QED) is 0.743. The first-order valence-electron chi connectivity index (χ1n) is 9.12. The van der Waals surface area contributed by atoms with Crippen LogP contribution in [0.4, 0.5) is 0 Å². The van der Waals surface area contributed by atoms with Crippen LogP contribution in [0.2, 0.25) is 0 Å². The Morgan fingerprint density at radius 1 is 1.40 bits per heavy atom. The smallest absolute Gasteiger partial charge is 0.317 e. The zero-order valence-corrected chi connectivity index (χ0v) is 15.2. The number of aliphatic carboxylic acids is 1. The Balaban J connectivity index is 1.49. The summed E-state index contributed by atoms with van der Waals surface area (Å²) in [5.41, 5.74) is 1.88. The molecular weight excluding hydrogens is 320 g/mol. The second-order valence-corrected chi connectivity index (χ2v) is 7.64. The molecule has 1 heterocycles. The van der Waals surface area contributed by atoms with Crippen LogP contribution in [0.1, 0.15) is 50.0 Å². The molecule has 2 saturated carbocycles. The molecule has 2 fully saturated rings. The summed E-state index contributed by atoms with van der Waals surface area (Å²) in [5.74, 6) is -0.132. The molecule has 0 saturated heterocycles. The van der Waals surface area contributed by atoms with Crippen LogP contribution >= 0.6 is 0 Å². The SMILES string of the molecule is Cc1cc(C)n([C@H](C)C(=O)NC2CC(N(CC(=O)O)CC3CC3)C2)n1. The van der Waals surface area contributed by atoms with Crippen LogP contribution in [-0.2, 0) is 9.59 Å². The molecule has 2 aliphatic carbocycles. The highest BCUT2D eigenvalue weighted by atomic mass is 16.4. The molecule has 0 spiro atoms. The van der Waals surface area contributed by atoms with Gasteiger partial charge in [0.25, 0.3) is 0 Å². The molecular formula is C18H28N4O3. The van der Waals surface area contributed by atoms with Gasteiger partial charge < -0.3 is 10.4 Å². The minimum atomic E-state index is -0.772. The average Bonchev–Trinajstić information content (AvgIpc) is 3.23. The number of carbonyl (C=O) groups is 2. The number of hydrogen-bond donors (Lipinski definition) is 2. The lowest BCUT2D eigenvalue weighted by molar-refractivity contribution is -0.140. The lowest BCUT2D eigenvalue weighted by Crippen LogP contribution is -2.56. The van der Waals surface area contributed by atoms with Crippen molar-refractivity contribution in [2.24, 2.45) is 5.92 Å². The molecule has 0 bridgehead atoms. The first-order valence-corrected chi connectivity index (χ1v) is 9.12. The molecule has 1 amide bonds. The minimum Gasteiger partial charge on any atom is -0.480 e. The van der Waals surface area contributed by atoms with E-state index in [0.29, 0.717) is 5.92 Å². The van der Waals surface area contributed by atoms with Crippen LogP contribution in [0.15, 0.2) is 6.07 Å². The number of aromatic nitrogens is 2. The molecule has 2 aliphatic rings. The van der Waals surface area contributed by atoms with Gasteiger partial charge in [0.1, 0.15) is 6.04 Å². The number of carbonyl (C=O) groups excluding carboxylic acids is 1. The van der Waals surface area contributed by atoms with E-state index in [2.05, 4.69) is 15.3 Å². The van der Waals surface area contributed by atoms with E-state index >= 15 is 0 Å². The monoisotopic (exact) mass is 348 g/mol. The van der Waals surface area contributed by atoms with Crippen LogP contribution in [0.3, 0.4) is 0 Å². The van der Waals surface area contributed by atoms with Gasteiger partial charge in [-0.1, -0.05) is 0 Å². The number of nitrogens with one attached hydrogen (secondary N) is 1. The van der Waals surface area contributed by atoms with Crippen molar-refractivity contribution < 1.29 is 14.7 Å². The molecule has 0 radical (unpaired) electrons. The maximum Gasteiger partial charge on any atom is 0.317 e. The predicted octanol–water partition coefficient (Wildman–Crippen LogP) is 1.50. The van der Waals surface area contributed by atoms with Crippen molar-refractivity contribution in [2.75, 3.05) is 13.1 Å². The van der Waals surface area contributed by atoms with Gasteiger partial charge in [-0.25, -0.2) is 0 Å². The average molecular weight is 348 g/mol. The molecule has 0 aromatic carbocycles. The number of carboxylic acid groups (broad SMARTS) is 1. The molecule has 2 N–H and O–H groups in total. The third-order valence-electron chi connectivity index (χ3n) is 5.29. The van der Waals surface area contributed by atoms with E-state index in [4.69, 9.17) is 5.11 Å². The van der Waals surface area contributed by atoms with Crippen LogP contribution in [0.5, 0.6) is 0 Å². The second kappa shape index (κ2) is 7.15. The molecule has 0 unspecified atom stereocenters. The lowest BCUT2D eigenvalue weighted by Gasteiger charge is -2.43. The summed E-state index contributed by atoms with van der Waals surface area (Å²) in [6, 6.07) is 2.03. The van der Waals surface area contributed by atoms with Crippen LogP contribution in [0.25, 0.3) is 0 Å². The fourth-order valence-corrected chi connectivity index (χ4v) is 3.62. The van der Waals surface area contributed by atoms with Gasteiger partial charge in [-0.05, 0) is 58.4 Å².